The summed E-state index contributed by atoms with van der Waals surface area (Å²) in [6, 6.07) is 7.74. The number of nitroso groups, excluding NO2 is 1. The zero-order chi connectivity index (χ0) is 12.8. The summed E-state index contributed by atoms with van der Waals surface area (Å²) < 4.78 is 5.35. The summed E-state index contributed by atoms with van der Waals surface area (Å²) in [5.74, 6) is 0.907. The molecule has 5 heteroatoms. The second kappa shape index (κ2) is 6.47. The lowest BCUT2D eigenvalue weighted by Crippen LogP contribution is -2.29. The molecule has 0 saturated carbocycles. The molecule has 1 atom stereocenters. The minimum absolute atomic E-state index is 0.208. The van der Waals surface area contributed by atoms with Crippen LogP contribution < -0.4 is 0 Å². The molecule has 0 aliphatic carbocycles. The van der Waals surface area contributed by atoms with E-state index in [9.17, 15) is 4.91 Å². The first-order valence-corrected chi connectivity index (χ1v) is 6.75. The van der Waals surface area contributed by atoms with Crippen molar-refractivity contribution in [1.82, 2.24) is 4.90 Å². The first-order chi connectivity index (χ1) is 8.78. The van der Waals surface area contributed by atoms with Gasteiger partial charge < -0.3 is 4.42 Å². The quantitative estimate of drug-likeness (QED) is 0.719. The number of thiophene rings is 1. The number of rotatable bonds is 7. The maximum Gasteiger partial charge on any atom is 0.117 e. The van der Waals surface area contributed by atoms with E-state index in [4.69, 9.17) is 4.42 Å². The molecular weight excluding hydrogens is 248 g/mol. The zero-order valence-corrected chi connectivity index (χ0v) is 11.1. The summed E-state index contributed by atoms with van der Waals surface area (Å²) in [6.45, 7) is 3.99. The molecular formula is C13H16N2O2S. The Bertz CT molecular complexity index is 417. The van der Waals surface area contributed by atoms with Crippen LogP contribution in [0.3, 0.4) is 0 Å². The number of hydrogen-bond acceptors (Lipinski definition) is 5. The highest BCUT2D eigenvalue weighted by Crippen LogP contribution is 2.15. The van der Waals surface area contributed by atoms with E-state index in [2.05, 4.69) is 21.5 Å². The third-order valence-electron chi connectivity index (χ3n) is 2.62. The van der Waals surface area contributed by atoms with Gasteiger partial charge in [-0.15, -0.1) is 11.3 Å². The average Bonchev–Trinajstić information content (AvgIpc) is 3.02. The van der Waals surface area contributed by atoms with E-state index in [1.54, 1.807) is 17.6 Å². The van der Waals surface area contributed by atoms with Gasteiger partial charge in [-0.2, -0.15) is 4.91 Å². The Morgan fingerprint density at radius 2 is 2.28 bits per heavy atom. The minimum Gasteiger partial charge on any atom is -0.468 e. The van der Waals surface area contributed by atoms with Crippen molar-refractivity contribution in [2.75, 3.05) is 6.54 Å². The highest BCUT2D eigenvalue weighted by molar-refractivity contribution is 7.09. The Balaban J connectivity index is 1.99. The Kier molecular flexibility index (Phi) is 4.66. The van der Waals surface area contributed by atoms with Crippen molar-refractivity contribution in [3.05, 3.63) is 51.5 Å². The zero-order valence-electron chi connectivity index (χ0n) is 10.3. The summed E-state index contributed by atoms with van der Waals surface area (Å²) in [6.07, 6.45) is 1.67. The monoisotopic (exact) mass is 264 g/mol. The van der Waals surface area contributed by atoms with Crippen LogP contribution in [0.25, 0.3) is 0 Å². The SMILES string of the molecule is CC(CN(Cc1ccco1)Cc1cccs1)N=O. The van der Waals surface area contributed by atoms with Gasteiger partial charge in [0.1, 0.15) is 11.8 Å². The van der Waals surface area contributed by atoms with Crippen molar-refractivity contribution in [2.24, 2.45) is 5.18 Å². The van der Waals surface area contributed by atoms with Crippen LogP contribution >= 0.6 is 11.3 Å². The number of furan rings is 1. The average molecular weight is 264 g/mol. The van der Waals surface area contributed by atoms with Gasteiger partial charge in [0.15, 0.2) is 0 Å². The van der Waals surface area contributed by atoms with Crippen molar-refractivity contribution in [3.8, 4) is 0 Å². The van der Waals surface area contributed by atoms with Gasteiger partial charge in [0.05, 0.1) is 12.8 Å². The molecule has 0 saturated heterocycles. The fourth-order valence-corrected chi connectivity index (χ4v) is 2.58. The highest BCUT2D eigenvalue weighted by atomic mass is 32.1. The van der Waals surface area contributed by atoms with Crippen LogP contribution in [0.2, 0.25) is 0 Å². The van der Waals surface area contributed by atoms with Crippen molar-refractivity contribution in [2.45, 2.75) is 26.1 Å². The van der Waals surface area contributed by atoms with E-state index in [0.29, 0.717) is 13.1 Å². The molecule has 96 valence electrons. The summed E-state index contributed by atoms with van der Waals surface area (Å²) in [5.41, 5.74) is 0. The fraction of sp³-hybridized carbons (Fsp3) is 0.385. The van der Waals surface area contributed by atoms with Crippen molar-refractivity contribution < 1.29 is 4.42 Å². The number of hydrogen-bond donors (Lipinski definition) is 0. The largest absolute Gasteiger partial charge is 0.468 e. The third kappa shape index (κ3) is 3.78. The van der Waals surface area contributed by atoms with Crippen LogP contribution in [-0.2, 0) is 13.1 Å². The second-order valence-electron chi connectivity index (χ2n) is 4.28. The van der Waals surface area contributed by atoms with Crippen LogP contribution in [0, 0.1) is 4.91 Å². The Morgan fingerprint density at radius 1 is 1.39 bits per heavy atom. The van der Waals surface area contributed by atoms with Crippen LogP contribution in [-0.4, -0.2) is 17.5 Å². The van der Waals surface area contributed by atoms with Crippen molar-refractivity contribution in [3.63, 3.8) is 0 Å². The first kappa shape index (κ1) is 13.0. The van der Waals surface area contributed by atoms with E-state index in [1.807, 2.05) is 25.1 Å². The second-order valence-corrected chi connectivity index (χ2v) is 5.32. The van der Waals surface area contributed by atoms with Gasteiger partial charge in [-0.25, -0.2) is 0 Å². The fourth-order valence-electron chi connectivity index (χ4n) is 1.84. The van der Waals surface area contributed by atoms with E-state index in [0.717, 1.165) is 12.3 Å². The van der Waals surface area contributed by atoms with Gasteiger partial charge >= 0.3 is 0 Å². The van der Waals surface area contributed by atoms with Gasteiger partial charge in [-0.1, -0.05) is 11.2 Å². The van der Waals surface area contributed by atoms with Gasteiger partial charge in [0.2, 0.25) is 0 Å². The lowest BCUT2D eigenvalue weighted by atomic mass is 10.3. The first-order valence-electron chi connectivity index (χ1n) is 5.87. The molecule has 18 heavy (non-hydrogen) atoms. The predicted molar refractivity (Wildman–Crippen MR) is 72.4 cm³/mol. The molecule has 4 nitrogen and oxygen atoms in total. The topological polar surface area (TPSA) is 45.8 Å². The normalized spacial score (nSPS) is 12.8. The summed E-state index contributed by atoms with van der Waals surface area (Å²) >= 11 is 1.72. The minimum atomic E-state index is -0.208. The Labute approximate surface area is 110 Å². The van der Waals surface area contributed by atoms with Crippen LogP contribution in [0.15, 0.2) is 45.5 Å². The smallest absolute Gasteiger partial charge is 0.117 e. The summed E-state index contributed by atoms with van der Waals surface area (Å²) in [5, 5.41) is 5.13. The Morgan fingerprint density at radius 3 is 2.89 bits per heavy atom. The maximum atomic E-state index is 10.5. The molecule has 1 unspecified atom stereocenters. The van der Waals surface area contributed by atoms with Gasteiger partial charge in [0, 0.05) is 18.0 Å². The highest BCUT2D eigenvalue weighted by Gasteiger charge is 2.13. The van der Waals surface area contributed by atoms with Crippen LogP contribution in [0.4, 0.5) is 0 Å². The molecule has 0 aliphatic rings. The molecule has 0 fully saturated rings. The predicted octanol–water partition coefficient (Wildman–Crippen LogP) is 3.50. The molecule has 2 aromatic rings. The van der Waals surface area contributed by atoms with E-state index in [1.165, 1.54) is 4.88 Å². The molecule has 0 N–H and O–H groups in total. The molecule has 0 aliphatic heterocycles. The van der Waals surface area contributed by atoms with E-state index >= 15 is 0 Å². The van der Waals surface area contributed by atoms with Crippen molar-refractivity contribution in [1.29, 1.82) is 0 Å². The summed E-state index contributed by atoms with van der Waals surface area (Å²) in [7, 11) is 0. The molecule has 0 spiro atoms. The lowest BCUT2D eigenvalue weighted by Gasteiger charge is -2.21. The van der Waals surface area contributed by atoms with Gasteiger partial charge in [-0.05, 0) is 30.5 Å². The molecule has 0 radical (unpaired) electrons. The number of nitrogens with zero attached hydrogens (tertiary/aromatic N) is 2. The summed E-state index contributed by atoms with van der Waals surface area (Å²) in [4.78, 5) is 14.0. The molecule has 0 bridgehead atoms. The molecule has 2 aromatic heterocycles. The Hall–Kier alpha value is -1.46. The van der Waals surface area contributed by atoms with Crippen LogP contribution in [0.1, 0.15) is 17.6 Å². The maximum absolute atomic E-state index is 10.5. The van der Waals surface area contributed by atoms with Crippen LogP contribution in [0.5, 0.6) is 0 Å². The lowest BCUT2D eigenvalue weighted by molar-refractivity contribution is 0.227. The van der Waals surface area contributed by atoms with Gasteiger partial charge in [-0.3, -0.25) is 4.90 Å². The van der Waals surface area contributed by atoms with Gasteiger partial charge in [0.25, 0.3) is 0 Å². The molecule has 2 rings (SSSR count). The molecule has 0 amide bonds. The van der Waals surface area contributed by atoms with E-state index in [-0.39, 0.29) is 6.04 Å². The molecule has 0 aromatic carbocycles. The standard InChI is InChI=1S/C13H16N2O2S/c1-11(14-16)8-15(9-12-4-2-6-17-12)10-13-5-3-7-18-13/h2-7,11H,8-10H2,1H3. The molecule has 2 heterocycles. The van der Waals surface area contributed by atoms with Crippen molar-refractivity contribution >= 4 is 11.3 Å². The van der Waals surface area contributed by atoms with E-state index < -0.39 is 0 Å². The third-order valence-corrected chi connectivity index (χ3v) is 3.48.